The van der Waals surface area contributed by atoms with Crippen molar-refractivity contribution in [1.82, 2.24) is 22.7 Å². The van der Waals surface area contributed by atoms with Crippen molar-refractivity contribution in [3.63, 3.8) is 0 Å². The van der Waals surface area contributed by atoms with E-state index in [9.17, 15) is 0 Å². The van der Waals surface area contributed by atoms with Crippen LogP contribution in [0.15, 0.2) is 346 Å². The van der Waals surface area contributed by atoms with Gasteiger partial charge in [0, 0.05) is 126 Å². The van der Waals surface area contributed by atoms with Gasteiger partial charge in [0.25, 0.3) is 6.71 Å². The lowest BCUT2D eigenvalue weighted by molar-refractivity contribution is 0.423. The number of nitrogens with zero attached hydrogens (tertiary/aromatic N) is 5. The second-order valence-corrected chi connectivity index (χ2v) is 43.6. The Kier molecular flexibility index (Phi) is 20.9. The monoisotopic (exact) mass is 1720 g/mol. The lowest BCUT2D eigenvalue weighted by Gasteiger charge is -2.33. The number of benzene rings is 16. The van der Waals surface area contributed by atoms with Crippen LogP contribution in [0.4, 0.5) is 0 Å². The van der Waals surface area contributed by atoms with Gasteiger partial charge in [-0.25, -0.2) is 0 Å². The summed E-state index contributed by atoms with van der Waals surface area (Å²) < 4.78 is 25.1. The quantitative estimate of drug-likeness (QED) is 0.165. The maximum atomic E-state index is 6.45. The van der Waals surface area contributed by atoms with Crippen LogP contribution in [0, 0.1) is 0 Å². The van der Waals surface area contributed by atoms with E-state index < -0.39 is 0 Å². The number of ether oxygens (including phenoxy) is 2. The Balaban J connectivity index is 0.000000104. The highest BCUT2D eigenvalue weighted by atomic mass is 16.5. The van der Waals surface area contributed by atoms with Gasteiger partial charge in [-0.05, 0) is 261 Å². The summed E-state index contributed by atoms with van der Waals surface area (Å²) >= 11 is 0. The van der Waals surface area contributed by atoms with Crippen LogP contribution in [0.25, 0.3) is 153 Å². The van der Waals surface area contributed by atoms with E-state index in [1.165, 1.54) is 181 Å². The third kappa shape index (κ3) is 15.0. The zero-order chi connectivity index (χ0) is 92.2. The molecule has 2 aliphatic heterocycles. The van der Waals surface area contributed by atoms with Crippen LogP contribution in [0.3, 0.4) is 0 Å². The molecule has 0 unspecified atom stereocenters. The molecule has 8 heterocycles. The van der Waals surface area contributed by atoms with Gasteiger partial charge in [0.05, 0.1) is 27.6 Å². The van der Waals surface area contributed by atoms with Crippen molar-refractivity contribution in [2.24, 2.45) is 0 Å². The largest absolute Gasteiger partial charge is 0.458 e. The molecular formula is C124H120BN5O2. The molecular weight excluding hydrogens is 1600 g/mol. The van der Waals surface area contributed by atoms with Crippen LogP contribution in [-0.2, 0) is 38.3 Å². The molecule has 0 saturated carbocycles. The van der Waals surface area contributed by atoms with Gasteiger partial charge in [-0.1, -0.05) is 308 Å². The number of aromatic nitrogens is 5. The first-order valence-corrected chi connectivity index (χ1v) is 47.2. The second-order valence-electron chi connectivity index (χ2n) is 43.6. The molecule has 0 N–H and O–H groups in total. The Morgan fingerprint density at radius 3 is 0.879 bits per heavy atom. The van der Waals surface area contributed by atoms with Gasteiger partial charge in [0.2, 0.25) is 0 Å². The van der Waals surface area contributed by atoms with Gasteiger partial charge in [-0.3, -0.25) is 0 Å². The Bertz CT molecular complexity index is 7930. The van der Waals surface area contributed by atoms with Gasteiger partial charge in [-0.2, -0.15) is 0 Å². The van der Waals surface area contributed by atoms with Crippen molar-refractivity contribution >= 4 is 148 Å². The molecule has 8 heteroatoms. The number of hydrogen-bond donors (Lipinski definition) is 0. The molecule has 0 amide bonds. The number of fused-ring (bicyclic) bond motifs is 22. The normalized spacial score (nSPS) is 13.0. The fourth-order valence-corrected chi connectivity index (χ4v) is 21.3. The molecule has 0 saturated heterocycles. The third-order valence-corrected chi connectivity index (χ3v) is 27.2. The van der Waals surface area contributed by atoms with E-state index in [0.29, 0.717) is 0 Å². The summed E-state index contributed by atoms with van der Waals surface area (Å²) in [7, 11) is 0. The van der Waals surface area contributed by atoms with Gasteiger partial charge < -0.3 is 32.1 Å². The standard InChI is InChI=1S/C28H23BO2.C28H24N2.C28H23N.C24H33N.C16H17N/c1-28(2,3)20-11-5-4-10-19(20)18-16-25-27-26(17-18)31-24-15-9-7-13-22(24)29(27)21-12-6-8-14-23(21)30-25;1-28(2,3)30-26-15-9-6-12-22(26)23-18-19(16-17-27(23)30)29-24-13-7-4-10-20(24)21-11-5-8-14-25(21)29;1-28(2,3)24-13-7-4-10-19(24)18-16-22-20-11-5-8-14-25(20)29-26-15-9-6-12-21(26)23(17-18)27(22)29;1-22(2,3)16-10-12-20-18(14-16)19-15-17(23(4,5)6)11-13-21(19)25(20)24(7,8)9;1-16(2,3)17-14-10-6-4-8-12(14)13-9-5-7-11-15(13)17/h4-17H,1-3H3;4-18H,1-3H3;4-17H,1-3H3;10-15H,1-9H3;4-11H,1-3H3. The molecule has 0 fully saturated rings. The number of para-hydroxylation sites is 9. The zero-order valence-corrected chi connectivity index (χ0v) is 80.5. The van der Waals surface area contributed by atoms with E-state index in [-0.39, 0.29) is 45.0 Å². The molecule has 0 bridgehead atoms. The molecule has 2 aliphatic rings. The first-order chi connectivity index (χ1) is 63.0. The minimum absolute atomic E-state index is 0.00964. The van der Waals surface area contributed by atoms with Crippen LogP contribution in [0.1, 0.15) is 168 Å². The van der Waals surface area contributed by atoms with Crippen molar-refractivity contribution in [2.45, 2.75) is 184 Å². The van der Waals surface area contributed by atoms with Crippen LogP contribution >= 0.6 is 0 Å². The molecule has 0 atom stereocenters. The summed E-state index contributed by atoms with van der Waals surface area (Å²) in [5.74, 6) is 3.61. The first kappa shape index (κ1) is 86.2. The van der Waals surface area contributed by atoms with Crippen molar-refractivity contribution in [2.75, 3.05) is 0 Å². The van der Waals surface area contributed by atoms with E-state index in [1.54, 1.807) is 0 Å². The minimum atomic E-state index is 0.00964. The molecule has 16 aromatic carbocycles. The predicted octanol–water partition coefficient (Wildman–Crippen LogP) is 32.5. The Morgan fingerprint density at radius 1 is 0.220 bits per heavy atom. The summed E-state index contributed by atoms with van der Waals surface area (Å²) in [5, 5.41) is 16.0. The Morgan fingerprint density at radius 2 is 0.508 bits per heavy atom. The maximum absolute atomic E-state index is 6.45. The van der Waals surface area contributed by atoms with Crippen molar-refractivity contribution < 1.29 is 9.47 Å². The highest BCUT2D eigenvalue weighted by molar-refractivity contribution is 6.98. The maximum Gasteiger partial charge on any atom is 0.260 e. The fourth-order valence-electron chi connectivity index (χ4n) is 21.3. The molecule has 0 spiro atoms. The Labute approximate surface area is 777 Å². The van der Waals surface area contributed by atoms with Crippen LogP contribution in [-0.4, -0.2) is 29.4 Å². The summed E-state index contributed by atoms with van der Waals surface area (Å²) in [6, 6.07) is 125. The second kappa shape index (κ2) is 32.0. The summed E-state index contributed by atoms with van der Waals surface area (Å²) in [6.07, 6.45) is 0. The predicted molar refractivity (Wildman–Crippen MR) is 569 cm³/mol. The lowest BCUT2D eigenvalue weighted by Crippen LogP contribution is -2.57. The van der Waals surface area contributed by atoms with Gasteiger partial charge in [0.15, 0.2) is 0 Å². The minimum Gasteiger partial charge on any atom is -0.458 e. The molecule has 656 valence electrons. The molecule has 132 heavy (non-hydrogen) atoms. The van der Waals surface area contributed by atoms with Gasteiger partial charge in [0.1, 0.15) is 23.0 Å². The Hall–Kier alpha value is -13.8. The summed E-state index contributed by atoms with van der Waals surface area (Å²) in [4.78, 5) is 0. The van der Waals surface area contributed by atoms with Gasteiger partial charge >= 0.3 is 0 Å². The van der Waals surface area contributed by atoms with E-state index >= 15 is 0 Å². The molecule has 0 aliphatic carbocycles. The molecule has 24 rings (SSSR count). The first-order valence-electron chi connectivity index (χ1n) is 47.2. The van der Waals surface area contributed by atoms with Crippen molar-refractivity contribution in [3.8, 4) is 50.9 Å². The molecule has 22 aromatic rings. The van der Waals surface area contributed by atoms with Crippen molar-refractivity contribution in [3.05, 3.63) is 368 Å². The average molecular weight is 1720 g/mol. The smallest absolute Gasteiger partial charge is 0.260 e. The van der Waals surface area contributed by atoms with E-state index in [1.807, 2.05) is 12.1 Å². The third-order valence-electron chi connectivity index (χ3n) is 27.2. The van der Waals surface area contributed by atoms with E-state index in [0.717, 1.165) is 34.0 Å². The SMILES string of the molecule is CC(C)(C)c1ccc2c(c1)c1cc(C(C)(C)C)ccc1n2C(C)(C)C.CC(C)(C)c1ccccc1-c1cc2c3c(c1)Oc1ccccc1B3c1ccccc1O2.CC(C)(C)c1ccccc1-c1cc2c3ccccc3n3c4ccccc4c(c1)c23.CC(C)(C)n1c2ccccc2c2cc(-n3c4ccccc4c4ccccc43)ccc21.CC(C)(C)n1c2ccccc2c2ccccc21. The number of hydrogen-bond acceptors (Lipinski definition) is 2. The van der Waals surface area contributed by atoms with Crippen LogP contribution < -0.4 is 25.9 Å². The summed E-state index contributed by atoms with van der Waals surface area (Å²) in [5.41, 5.74) is 30.1. The van der Waals surface area contributed by atoms with E-state index in [4.69, 9.17) is 9.47 Å². The summed E-state index contributed by atoms with van der Waals surface area (Å²) in [6.45, 7) is 48.0. The zero-order valence-electron chi connectivity index (χ0n) is 80.5. The highest BCUT2D eigenvalue weighted by Crippen LogP contribution is 2.48. The molecule has 7 nitrogen and oxygen atoms in total. The highest BCUT2D eigenvalue weighted by Gasteiger charge is 2.41. The fraction of sp³-hybridized carbons (Fsp3) is 0.226. The van der Waals surface area contributed by atoms with Crippen molar-refractivity contribution in [1.29, 1.82) is 0 Å². The van der Waals surface area contributed by atoms with E-state index in [2.05, 4.69) is 502 Å². The lowest BCUT2D eigenvalue weighted by atomic mass is 9.35. The molecule has 0 radical (unpaired) electrons. The van der Waals surface area contributed by atoms with Crippen LogP contribution in [0.5, 0.6) is 23.0 Å². The van der Waals surface area contributed by atoms with Gasteiger partial charge in [-0.15, -0.1) is 0 Å². The number of rotatable bonds is 3. The van der Waals surface area contributed by atoms with Crippen LogP contribution in [0.2, 0.25) is 0 Å². The average Bonchev–Trinajstić information content (AvgIpc) is 1.49. The molecule has 6 aromatic heterocycles. The topological polar surface area (TPSA) is 42.6 Å².